The Morgan fingerprint density at radius 1 is 1.05 bits per heavy atom. The molecule has 2 aromatic carbocycles. The fourth-order valence-electron chi connectivity index (χ4n) is 4.88. The molecule has 1 atom stereocenters. The number of carbonyl (C=O) groups is 1. The van der Waals surface area contributed by atoms with Crippen LogP contribution in [0.3, 0.4) is 0 Å². The van der Waals surface area contributed by atoms with Gasteiger partial charge >= 0.3 is 6.09 Å². The summed E-state index contributed by atoms with van der Waals surface area (Å²) in [5.41, 5.74) is 11.6. The van der Waals surface area contributed by atoms with Crippen molar-refractivity contribution < 1.29 is 18.7 Å². The van der Waals surface area contributed by atoms with Crippen molar-refractivity contribution in [3.05, 3.63) is 94.6 Å². The summed E-state index contributed by atoms with van der Waals surface area (Å²) in [6.07, 6.45) is 1.47. The van der Waals surface area contributed by atoms with Gasteiger partial charge in [-0.25, -0.2) is 9.18 Å². The molecular weight excluding hydrogens is 493 g/mol. The third-order valence-corrected chi connectivity index (χ3v) is 6.96. The number of benzene rings is 2. The average Bonchev–Trinajstić information content (AvgIpc) is 3.08. The number of halogens is 2. The van der Waals surface area contributed by atoms with Crippen molar-refractivity contribution in [2.24, 2.45) is 5.73 Å². The van der Waals surface area contributed by atoms with E-state index in [9.17, 15) is 9.18 Å². The molecule has 4 aromatic rings. The molecular formula is C29H33ClFN3O3. The van der Waals surface area contributed by atoms with E-state index in [1.54, 1.807) is 25.4 Å². The second kappa shape index (κ2) is 11.2. The summed E-state index contributed by atoms with van der Waals surface area (Å²) < 4.78 is 26.8. The molecule has 0 bridgehead atoms. The number of carbonyl (C=O) groups excluding carboxylic acids is 1. The summed E-state index contributed by atoms with van der Waals surface area (Å²) in [4.78, 5) is 16.6. The first-order chi connectivity index (χ1) is 17.1. The number of primary amides is 1. The van der Waals surface area contributed by atoms with E-state index in [2.05, 4.69) is 18.4 Å². The predicted molar refractivity (Wildman–Crippen MR) is 146 cm³/mol. The van der Waals surface area contributed by atoms with Crippen LogP contribution in [0.5, 0.6) is 5.75 Å². The van der Waals surface area contributed by atoms with E-state index in [0.29, 0.717) is 13.0 Å². The summed E-state index contributed by atoms with van der Waals surface area (Å²) in [6, 6.07) is 16.4. The summed E-state index contributed by atoms with van der Waals surface area (Å²) in [5.74, 6) is 0.231. The van der Waals surface area contributed by atoms with Gasteiger partial charge in [0.05, 0.1) is 18.1 Å². The van der Waals surface area contributed by atoms with Gasteiger partial charge in [0.1, 0.15) is 17.2 Å². The lowest BCUT2D eigenvalue weighted by molar-refractivity contribution is 0.0239. The van der Waals surface area contributed by atoms with Crippen LogP contribution < -0.4 is 10.5 Å². The standard InChI is InChI=1S/C29H32FN3O3.ClH/c1-18-19(2)33(17-21-8-12-23(35-5)13-9-21)27-24(14-15-32-26(18)27)25(29(3,4)36-28(31)34)16-20-6-10-22(30)11-7-20;/h6-15,25H,16-17H2,1-5H3,(H2,31,34);1H. The molecule has 2 aromatic heterocycles. The number of methoxy groups -OCH3 is 1. The number of pyridine rings is 1. The van der Waals surface area contributed by atoms with Gasteiger partial charge in [0.25, 0.3) is 0 Å². The van der Waals surface area contributed by atoms with Crippen molar-refractivity contribution in [1.82, 2.24) is 9.55 Å². The maximum absolute atomic E-state index is 13.6. The van der Waals surface area contributed by atoms with Crippen molar-refractivity contribution >= 4 is 29.5 Å². The van der Waals surface area contributed by atoms with Gasteiger partial charge in [-0.05, 0) is 86.7 Å². The summed E-state index contributed by atoms with van der Waals surface area (Å²) >= 11 is 0. The molecule has 2 heterocycles. The minimum absolute atomic E-state index is 0. The minimum Gasteiger partial charge on any atom is -0.497 e. The van der Waals surface area contributed by atoms with Gasteiger partial charge in [-0.15, -0.1) is 12.4 Å². The van der Waals surface area contributed by atoms with Crippen molar-refractivity contribution in [2.45, 2.75) is 52.2 Å². The van der Waals surface area contributed by atoms with Crippen molar-refractivity contribution in [2.75, 3.05) is 7.11 Å². The number of hydrogen-bond acceptors (Lipinski definition) is 4. The number of aromatic nitrogens is 2. The number of fused-ring (bicyclic) bond motifs is 1. The summed E-state index contributed by atoms with van der Waals surface area (Å²) in [6.45, 7) is 8.51. The highest BCUT2D eigenvalue weighted by Crippen LogP contribution is 2.39. The summed E-state index contributed by atoms with van der Waals surface area (Å²) in [7, 11) is 1.65. The maximum Gasteiger partial charge on any atom is 0.405 e. The normalized spacial score (nSPS) is 12.2. The third kappa shape index (κ3) is 5.88. The molecule has 0 radical (unpaired) electrons. The first-order valence-electron chi connectivity index (χ1n) is 11.9. The molecule has 0 aliphatic rings. The SMILES string of the molecule is COc1ccc(Cn2c(C)c(C)c3nccc(C(Cc4ccc(F)cc4)C(C)(C)OC(N)=O)c32)cc1.Cl. The highest BCUT2D eigenvalue weighted by molar-refractivity contribution is 5.85. The molecule has 0 spiro atoms. The van der Waals surface area contributed by atoms with E-state index in [4.69, 9.17) is 20.2 Å². The van der Waals surface area contributed by atoms with Gasteiger partial charge in [-0.1, -0.05) is 24.3 Å². The number of hydrogen-bond donors (Lipinski definition) is 1. The predicted octanol–water partition coefficient (Wildman–Crippen LogP) is 6.47. The van der Waals surface area contributed by atoms with Crippen molar-refractivity contribution in [3.8, 4) is 5.75 Å². The van der Waals surface area contributed by atoms with E-state index in [0.717, 1.165) is 44.7 Å². The molecule has 37 heavy (non-hydrogen) atoms. The molecule has 0 aliphatic carbocycles. The van der Waals surface area contributed by atoms with E-state index in [1.807, 2.05) is 44.2 Å². The molecule has 4 rings (SSSR count). The molecule has 0 aliphatic heterocycles. The monoisotopic (exact) mass is 525 g/mol. The molecule has 6 nitrogen and oxygen atoms in total. The second-order valence-electron chi connectivity index (χ2n) is 9.65. The van der Waals surface area contributed by atoms with Gasteiger partial charge in [0, 0.05) is 24.4 Å². The van der Waals surface area contributed by atoms with Crippen LogP contribution in [-0.2, 0) is 17.7 Å². The topological polar surface area (TPSA) is 79.4 Å². The van der Waals surface area contributed by atoms with Gasteiger partial charge in [-0.3, -0.25) is 4.98 Å². The van der Waals surface area contributed by atoms with E-state index in [1.165, 1.54) is 12.1 Å². The molecule has 196 valence electrons. The lowest BCUT2D eigenvalue weighted by atomic mass is 9.79. The lowest BCUT2D eigenvalue weighted by Crippen LogP contribution is -2.38. The van der Waals surface area contributed by atoms with Gasteiger partial charge in [0.15, 0.2) is 0 Å². The van der Waals surface area contributed by atoms with Crippen LogP contribution in [0.1, 0.15) is 47.7 Å². The Hall–Kier alpha value is -3.58. The van der Waals surface area contributed by atoms with Crippen LogP contribution in [0.2, 0.25) is 0 Å². The van der Waals surface area contributed by atoms with E-state index < -0.39 is 11.7 Å². The van der Waals surface area contributed by atoms with Crippen LogP contribution in [-0.4, -0.2) is 28.4 Å². The molecule has 2 N–H and O–H groups in total. The Morgan fingerprint density at radius 2 is 1.68 bits per heavy atom. The number of ether oxygens (including phenoxy) is 2. The number of aryl methyl sites for hydroxylation is 1. The zero-order valence-corrected chi connectivity index (χ0v) is 22.6. The van der Waals surface area contributed by atoms with Crippen LogP contribution >= 0.6 is 12.4 Å². The third-order valence-electron chi connectivity index (χ3n) is 6.96. The zero-order chi connectivity index (χ0) is 26.0. The number of rotatable bonds is 8. The molecule has 0 saturated carbocycles. The Morgan fingerprint density at radius 3 is 2.27 bits per heavy atom. The summed E-state index contributed by atoms with van der Waals surface area (Å²) in [5, 5.41) is 0. The van der Waals surface area contributed by atoms with Gasteiger partial charge < -0.3 is 19.8 Å². The van der Waals surface area contributed by atoms with Crippen LogP contribution in [0.25, 0.3) is 11.0 Å². The van der Waals surface area contributed by atoms with Gasteiger partial charge in [-0.2, -0.15) is 0 Å². The fourth-order valence-corrected chi connectivity index (χ4v) is 4.88. The first kappa shape index (κ1) is 28.0. The highest BCUT2D eigenvalue weighted by Gasteiger charge is 2.36. The molecule has 8 heteroatoms. The first-order valence-corrected chi connectivity index (χ1v) is 11.9. The van der Waals surface area contributed by atoms with Crippen molar-refractivity contribution in [3.63, 3.8) is 0 Å². The van der Waals surface area contributed by atoms with Crippen LogP contribution in [0.4, 0.5) is 9.18 Å². The number of nitrogens with zero attached hydrogens (tertiary/aromatic N) is 2. The van der Waals surface area contributed by atoms with Crippen molar-refractivity contribution in [1.29, 1.82) is 0 Å². The molecule has 0 fully saturated rings. The van der Waals surface area contributed by atoms with Crippen LogP contribution in [0, 0.1) is 19.7 Å². The highest BCUT2D eigenvalue weighted by atomic mass is 35.5. The zero-order valence-electron chi connectivity index (χ0n) is 21.7. The van der Waals surface area contributed by atoms with Gasteiger partial charge in [0.2, 0.25) is 0 Å². The number of amides is 1. The number of nitrogens with two attached hydrogens (primary N) is 1. The fraction of sp³-hybridized carbons (Fsp3) is 0.310. The lowest BCUT2D eigenvalue weighted by Gasteiger charge is -2.34. The van der Waals surface area contributed by atoms with E-state index >= 15 is 0 Å². The largest absolute Gasteiger partial charge is 0.497 e. The maximum atomic E-state index is 13.6. The second-order valence-corrected chi connectivity index (χ2v) is 9.65. The van der Waals surface area contributed by atoms with Crippen LogP contribution in [0.15, 0.2) is 60.8 Å². The smallest absolute Gasteiger partial charge is 0.405 e. The minimum atomic E-state index is -0.939. The Balaban J connectivity index is 0.00000380. The Labute approximate surface area is 223 Å². The quantitative estimate of drug-likeness (QED) is 0.286. The molecule has 1 amide bonds. The van der Waals surface area contributed by atoms with E-state index in [-0.39, 0.29) is 24.1 Å². The Bertz CT molecular complexity index is 1380. The Kier molecular flexibility index (Phi) is 8.49. The molecule has 1 unspecified atom stereocenters. The average molecular weight is 526 g/mol. The molecule has 0 saturated heterocycles.